The quantitative estimate of drug-likeness (QED) is 0.881. The van der Waals surface area contributed by atoms with Crippen LogP contribution in [0.2, 0.25) is 0 Å². The zero-order chi connectivity index (χ0) is 14.8. The zero-order valence-corrected chi connectivity index (χ0v) is 14.2. The van der Waals surface area contributed by atoms with Gasteiger partial charge in [-0.15, -0.1) is 12.4 Å². The van der Waals surface area contributed by atoms with Crippen LogP contribution in [0.15, 0.2) is 23.1 Å². The van der Waals surface area contributed by atoms with E-state index in [2.05, 4.69) is 17.0 Å². The van der Waals surface area contributed by atoms with Gasteiger partial charge in [0, 0.05) is 12.1 Å². The van der Waals surface area contributed by atoms with Crippen LogP contribution in [0.25, 0.3) is 0 Å². The van der Waals surface area contributed by atoms with Crippen LogP contribution in [0.1, 0.15) is 25.3 Å². The van der Waals surface area contributed by atoms with Crippen LogP contribution in [0.4, 0.5) is 0 Å². The highest BCUT2D eigenvalue weighted by atomic mass is 35.5. The average Bonchev–Trinajstić information content (AvgIpc) is 2.37. The number of rotatable bonds is 4. The van der Waals surface area contributed by atoms with Crippen molar-refractivity contribution in [1.29, 1.82) is 0 Å². The number of methoxy groups -OCH3 is 1. The van der Waals surface area contributed by atoms with Crippen molar-refractivity contribution >= 4 is 22.4 Å². The molecular formula is C14H23ClN2O3S. The first-order valence-corrected chi connectivity index (χ1v) is 8.31. The summed E-state index contributed by atoms with van der Waals surface area (Å²) in [6.07, 6.45) is 1.63. The Labute approximate surface area is 132 Å². The maximum Gasteiger partial charge on any atom is 0.241 e. The fourth-order valence-corrected chi connectivity index (χ4v) is 4.08. The molecule has 120 valence electrons. The molecule has 1 aliphatic rings. The molecule has 0 aromatic heterocycles. The van der Waals surface area contributed by atoms with Crippen LogP contribution in [-0.4, -0.2) is 34.2 Å². The molecule has 0 amide bonds. The van der Waals surface area contributed by atoms with E-state index >= 15 is 0 Å². The van der Waals surface area contributed by atoms with Crippen LogP contribution in [0.3, 0.4) is 0 Å². The summed E-state index contributed by atoms with van der Waals surface area (Å²) < 4.78 is 32.8. The molecule has 0 bridgehead atoms. The third kappa shape index (κ3) is 4.57. The molecule has 1 fully saturated rings. The van der Waals surface area contributed by atoms with E-state index < -0.39 is 10.0 Å². The van der Waals surface area contributed by atoms with E-state index in [1.165, 1.54) is 0 Å². The second-order valence-corrected chi connectivity index (χ2v) is 7.01. The molecule has 1 saturated heterocycles. The van der Waals surface area contributed by atoms with E-state index in [0.29, 0.717) is 22.3 Å². The molecule has 0 radical (unpaired) electrons. The summed E-state index contributed by atoms with van der Waals surface area (Å²) in [7, 11) is -1.91. The molecule has 0 saturated carbocycles. The Morgan fingerprint density at radius 3 is 2.67 bits per heavy atom. The molecule has 21 heavy (non-hydrogen) atoms. The van der Waals surface area contributed by atoms with Crippen molar-refractivity contribution in [3.05, 3.63) is 23.8 Å². The highest BCUT2D eigenvalue weighted by molar-refractivity contribution is 7.89. The summed E-state index contributed by atoms with van der Waals surface area (Å²) >= 11 is 0. The molecule has 7 heteroatoms. The summed E-state index contributed by atoms with van der Waals surface area (Å²) in [6, 6.07) is 5.35. The molecule has 2 unspecified atom stereocenters. The van der Waals surface area contributed by atoms with Crippen LogP contribution in [0.5, 0.6) is 5.75 Å². The third-order valence-electron chi connectivity index (χ3n) is 3.62. The number of nitrogens with one attached hydrogen (secondary N) is 2. The van der Waals surface area contributed by atoms with Gasteiger partial charge in [0.15, 0.2) is 0 Å². The van der Waals surface area contributed by atoms with Crippen molar-refractivity contribution in [2.75, 3.05) is 13.7 Å². The molecule has 0 aliphatic carbocycles. The van der Waals surface area contributed by atoms with E-state index in [1.807, 2.05) is 0 Å². The van der Waals surface area contributed by atoms with Crippen molar-refractivity contribution in [3.8, 4) is 5.75 Å². The van der Waals surface area contributed by atoms with Gasteiger partial charge >= 0.3 is 0 Å². The largest absolute Gasteiger partial charge is 0.497 e. The number of aryl methyl sites for hydroxylation is 1. The molecule has 0 spiro atoms. The summed E-state index contributed by atoms with van der Waals surface area (Å²) in [5, 5.41) is 3.31. The lowest BCUT2D eigenvalue weighted by atomic mass is 10.0. The van der Waals surface area contributed by atoms with Gasteiger partial charge < -0.3 is 10.1 Å². The van der Waals surface area contributed by atoms with Gasteiger partial charge in [-0.1, -0.05) is 0 Å². The second-order valence-electron chi connectivity index (χ2n) is 5.33. The smallest absolute Gasteiger partial charge is 0.241 e. The number of sulfonamides is 1. The van der Waals surface area contributed by atoms with Gasteiger partial charge in [-0.3, -0.25) is 0 Å². The lowest BCUT2D eigenvalue weighted by molar-refractivity contribution is 0.361. The Bertz CT molecular complexity index is 578. The minimum Gasteiger partial charge on any atom is -0.497 e. The predicted molar refractivity (Wildman–Crippen MR) is 85.8 cm³/mol. The second kappa shape index (κ2) is 7.45. The van der Waals surface area contributed by atoms with Gasteiger partial charge in [-0.25, -0.2) is 13.1 Å². The molecule has 1 aliphatic heterocycles. The number of halogens is 1. The van der Waals surface area contributed by atoms with Gasteiger partial charge in [0.25, 0.3) is 0 Å². The number of ether oxygens (including phenoxy) is 1. The molecule has 2 N–H and O–H groups in total. The SMILES string of the molecule is COc1ccc(S(=O)(=O)NC2CCNC(C)C2)c(C)c1.Cl. The molecule has 1 heterocycles. The van der Waals surface area contributed by atoms with Gasteiger partial charge in [0.2, 0.25) is 10.0 Å². The summed E-state index contributed by atoms with van der Waals surface area (Å²) in [5.74, 6) is 0.664. The average molecular weight is 335 g/mol. The molecule has 1 aromatic carbocycles. The summed E-state index contributed by atoms with van der Waals surface area (Å²) in [4.78, 5) is 0.324. The highest BCUT2D eigenvalue weighted by Crippen LogP contribution is 2.22. The minimum absolute atomic E-state index is 0. The highest BCUT2D eigenvalue weighted by Gasteiger charge is 2.25. The van der Waals surface area contributed by atoms with E-state index in [0.717, 1.165) is 19.4 Å². The van der Waals surface area contributed by atoms with Gasteiger partial charge in [-0.05, 0) is 57.0 Å². The molecule has 2 rings (SSSR count). The number of hydrogen-bond donors (Lipinski definition) is 2. The van der Waals surface area contributed by atoms with Gasteiger partial charge in [-0.2, -0.15) is 0 Å². The minimum atomic E-state index is -3.47. The maximum absolute atomic E-state index is 12.5. The summed E-state index contributed by atoms with van der Waals surface area (Å²) in [6.45, 7) is 4.69. The number of hydrogen-bond acceptors (Lipinski definition) is 4. The number of benzene rings is 1. The normalized spacial score (nSPS) is 22.4. The predicted octanol–water partition coefficient (Wildman–Crippen LogP) is 1.84. The fraction of sp³-hybridized carbons (Fsp3) is 0.571. The Hall–Kier alpha value is -0.820. The Kier molecular flexibility index (Phi) is 6.46. The van der Waals surface area contributed by atoms with E-state index in [9.17, 15) is 8.42 Å². The van der Waals surface area contributed by atoms with Crippen LogP contribution >= 0.6 is 12.4 Å². The third-order valence-corrected chi connectivity index (χ3v) is 5.30. The van der Waals surface area contributed by atoms with Crippen LogP contribution < -0.4 is 14.8 Å². The molecule has 1 aromatic rings. The topological polar surface area (TPSA) is 67.4 Å². The van der Waals surface area contributed by atoms with Crippen molar-refractivity contribution in [2.45, 2.75) is 43.7 Å². The fourth-order valence-electron chi connectivity index (χ4n) is 2.57. The molecular weight excluding hydrogens is 312 g/mol. The van der Waals surface area contributed by atoms with Crippen molar-refractivity contribution in [2.24, 2.45) is 0 Å². The van der Waals surface area contributed by atoms with Crippen LogP contribution in [0, 0.1) is 6.92 Å². The van der Waals surface area contributed by atoms with Gasteiger partial charge in [0.1, 0.15) is 5.75 Å². The Morgan fingerprint density at radius 2 is 2.10 bits per heavy atom. The van der Waals surface area contributed by atoms with E-state index in [4.69, 9.17) is 4.74 Å². The monoisotopic (exact) mass is 334 g/mol. The number of piperidine rings is 1. The van der Waals surface area contributed by atoms with E-state index in [1.54, 1.807) is 32.2 Å². The maximum atomic E-state index is 12.5. The van der Waals surface area contributed by atoms with Crippen molar-refractivity contribution in [3.63, 3.8) is 0 Å². The first-order valence-electron chi connectivity index (χ1n) is 6.82. The Balaban J connectivity index is 0.00000220. The van der Waals surface area contributed by atoms with Crippen LogP contribution in [-0.2, 0) is 10.0 Å². The first kappa shape index (κ1) is 18.2. The lowest BCUT2D eigenvalue weighted by Crippen LogP contribution is -2.46. The van der Waals surface area contributed by atoms with Gasteiger partial charge in [0.05, 0.1) is 12.0 Å². The zero-order valence-electron chi connectivity index (χ0n) is 12.5. The molecule has 2 atom stereocenters. The first-order chi connectivity index (χ1) is 9.42. The summed E-state index contributed by atoms with van der Waals surface area (Å²) in [5.41, 5.74) is 0.693. The van der Waals surface area contributed by atoms with Crippen molar-refractivity contribution < 1.29 is 13.2 Å². The standard InChI is InChI=1S/C14H22N2O3S.ClH/c1-10-8-13(19-3)4-5-14(10)20(17,18)16-12-6-7-15-11(2)9-12;/h4-5,8,11-12,15-16H,6-7,9H2,1-3H3;1H. The Morgan fingerprint density at radius 1 is 1.38 bits per heavy atom. The van der Waals surface area contributed by atoms with E-state index in [-0.39, 0.29) is 18.4 Å². The molecule has 5 nitrogen and oxygen atoms in total. The lowest BCUT2D eigenvalue weighted by Gasteiger charge is -2.28. The van der Waals surface area contributed by atoms with Crippen molar-refractivity contribution in [1.82, 2.24) is 10.0 Å².